The Morgan fingerprint density at radius 1 is 1.03 bits per heavy atom. The van der Waals surface area contributed by atoms with Crippen molar-refractivity contribution < 1.29 is 37.9 Å². The summed E-state index contributed by atoms with van der Waals surface area (Å²) in [7, 11) is 0. The third kappa shape index (κ3) is 9.72. The van der Waals surface area contributed by atoms with E-state index < -0.39 is 69.6 Å². The van der Waals surface area contributed by atoms with Gasteiger partial charge in [0.25, 0.3) is 0 Å². The number of aromatic hydroxyl groups is 1. The maximum absolute atomic E-state index is 10.5. The molecule has 0 saturated carbocycles. The Bertz CT molecular complexity index is 1210. The second-order valence-corrected chi connectivity index (χ2v) is 6.35. The number of phenols is 1. The molecule has 5 nitrogen and oxygen atoms in total. The third-order valence-corrected chi connectivity index (χ3v) is 4.10. The van der Waals surface area contributed by atoms with Crippen molar-refractivity contribution in [2.75, 3.05) is 26.2 Å². The number of hydrogen-bond donors (Lipinski definition) is 4. The molecule has 0 saturated heterocycles. The lowest BCUT2D eigenvalue weighted by Crippen LogP contribution is -2.22. The summed E-state index contributed by atoms with van der Waals surface area (Å²) >= 11 is 0. The molecule has 0 heterocycles. The highest BCUT2D eigenvalue weighted by atomic mass is 16.5. The average Bonchev–Trinajstić information content (AvgIpc) is 2.92. The molecular weight excluding hydrogens is 378 g/mol. The number of hydrogen-bond acceptors (Lipinski definition) is 5. The summed E-state index contributed by atoms with van der Waals surface area (Å²) in [6.45, 7) is -8.86. The van der Waals surface area contributed by atoms with E-state index in [9.17, 15) is 15.3 Å². The summed E-state index contributed by atoms with van der Waals surface area (Å²) < 4.78 is 111. The first-order chi connectivity index (χ1) is 19.6. The van der Waals surface area contributed by atoms with Crippen LogP contribution in [0.1, 0.15) is 78.9 Å². The van der Waals surface area contributed by atoms with E-state index in [-0.39, 0.29) is 24.2 Å². The molecule has 0 bridgehead atoms. The van der Waals surface area contributed by atoms with Crippen LogP contribution in [0.5, 0.6) is 5.75 Å². The Kier molecular flexibility index (Phi) is 5.80. The smallest absolute Gasteiger partial charge is 0.121 e. The van der Waals surface area contributed by atoms with Crippen LogP contribution in [0.3, 0.4) is 0 Å². The molecule has 30 heavy (non-hydrogen) atoms. The SMILES string of the molecule is [2H]c1c(C(O)CNC([2H])([2H])C([2H])([2H])C([2H])([2H])C([2H])([2H])C([2H])([2H])C([2H])([2H])OCCCCc2ccccc2)ccc(O)c1CO. The zero-order chi connectivity index (χ0) is 33.1. The predicted octanol–water partition coefficient (Wildman–Crippen LogP) is 4.11. The Morgan fingerprint density at radius 3 is 2.63 bits per heavy atom. The van der Waals surface area contributed by atoms with Crippen molar-refractivity contribution in [3.63, 3.8) is 0 Å². The maximum atomic E-state index is 10.5. The quantitative estimate of drug-likeness (QED) is 0.303. The van der Waals surface area contributed by atoms with E-state index in [2.05, 4.69) is 0 Å². The van der Waals surface area contributed by atoms with Crippen LogP contribution >= 0.6 is 0 Å². The second-order valence-electron chi connectivity index (χ2n) is 6.35. The van der Waals surface area contributed by atoms with Gasteiger partial charge in [0.05, 0.1) is 16.8 Å². The molecule has 2 aromatic rings. The van der Waals surface area contributed by atoms with Crippen LogP contribution in [-0.2, 0) is 17.8 Å². The van der Waals surface area contributed by atoms with E-state index >= 15 is 0 Å². The summed E-state index contributed by atoms with van der Waals surface area (Å²) in [4.78, 5) is 0. The van der Waals surface area contributed by atoms with Crippen molar-refractivity contribution in [1.29, 1.82) is 0 Å². The van der Waals surface area contributed by atoms with Gasteiger partial charge in [-0.05, 0) is 61.7 Å². The zero-order valence-electron chi connectivity index (χ0n) is 29.6. The van der Waals surface area contributed by atoms with Gasteiger partial charge in [-0.1, -0.05) is 49.1 Å². The van der Waals surface area contributed by atoms with Gasteiger partial charge in [-0.25, -0.2) is 0 Å². The van der Waals surface area contributed by atoms with Gasteiger partial charge in [-0.2, -0.15) is 0 Å². The summed E-state index contributed by atoms with van der Waals surface area (Å²) in [6, 6.07) is 11.1. The minimum absolute atomic E-state index is 0.186. The largest absolute Gasteiger partial charge is 0.508 e. The van der Waals surface area contributed by atoms with E-state index in [1.54, 1.807) is 0 Å². The van der Waals surface area contributed by atoms with Crippen molar-refractivity contribution in [3.8, 4) is 5.75 Å². The molecule has 0 spiro atoms. The first-order valence-corrected chi connectivity index (χ1v) is 9.62. The Balaban J connectivity index is 2.17. The molecule has 0 fully saturated rings. The molecule has 0 aliphatic carbocycles. The van der Waals surface area contributed by atoms with Crippen molar-refractivity contribution >= 4 is 0 Å². The van der Waals surface area contributed by atoms with E-state index in [0.29, 0.717) is 12.8 Å². The molecule has 1 atom stereocenters. The van der Waals surface area contributed by atoms with Gasteiger partial charge in [0.15, 0.2) is 0 Å². The minimum atomic E-state index is -4.03. The first-order valence-electron chi connectivity index (χ1n) is 16.1. The molecule has 4 N–H and O–H groups in total. The molecule has 0 amide bonds. The number of aryl methyl sites for hydroxylation is 1. The Labute approximate surface area is 199 Å². The lowest BCUT2D eigenvalue weighted by Gasteiger charge is -2.14. The molecule has 0 aromatic heterocycles. The average molecular weight is 429 g/mol. The Morgan fingerprint density at radius 2 is 1.83 bits per heavy atom. The molecular formula is C25H37NO4. The van der Waals surface area contributed by atoms with Gasteiger partial charge in [-0.3, -0.25) is 0 Å². The number of aliphatic hydroxyl groups excluding tert-OH is 2. The zero-order valence-corrected chi connectivity index (χ0v) is 16.6. The van der Waals surface area contributed by atoms with Crippen LogP contribution in [0.4, 0.5) is 0 Å². The number of unbranched alkanes of at least 4 members (excludes halogenated alkanes) is 1. The van der Waals surface area contributed by atoms with Crippen LogP contribution in [0, 0.1) is 0 Å². The third-order valence-electron chi connectivity index (χ3n) is 4.10. The predicted molar refractivity (Wildman–Crippen MR) is 121 cm³/mol. The van der Waals surface area contributed by atoms with E-state index in [1.807, 2.05) is 35.6 Å². The lowest BCUT2D eigenvalue weighted by atomic mass is 10.1. The fourth-order valence-electron chi connectivity index (χ4n) is 2.52. The minimum Gasteiger partial charge on any atom is -0.508 e. The molecule has 0 aliphatic rings. The van der Waals surface area contributed by atoms with Gasteiger partial charge in [0.2, 0.25) is 0 Å². The van der Waals surface area contributed by atoms with E-state index in [1.165, 1.54) is 0 Å². The number of ether oxygens (including phenoxy) is 1. The van der Waals surface area contributed by atoms with Crippen molar-refractivity contribution in [3.05, 3.63) is 65.2 Å². The van der Waals surface area contributed by atoms with Crippen molar-refractivity contribution in [2.45, 2.75) is 57.5 Å². The summed E-state index contributed by atoms with van der Waals surface area (Å²) in [5, 5.41) is 31.5. The first kappa shape index (κ1) is 11.6. The molecule has 166 valence electrons. The van der Waals surface area contributed by atoms with Gasteiger partial charge < -0.3 is 25.4 Å². The van der Waals surface area contributed by atoms with Crippen LogP contribution in [-0.4, -0.2) is 41.5 Å². The van der Waals surface area contributed by atoms with Gasteiger partial charge in [-0.15, -0.1) is 0 Å². The highest BCUT2D eigenvalue weighted by Crippen LogP contribution is 2.22. The van der Waals surface area contributed by atoms with Crippen LogP contribution < -0.4 is 5.32 Å². The molecule has 0 radical (unpaired) electrons. The number of aliphatic hydroxyl groups is 2. The van der Waals surface area contributed by atoms with E-state index in [4.69, 9.17) is 22.6 Å². The standard InChI is InChI=1S/C25H37NO4/c27-20-23-18-22(13-14-24(23)28)25(29)19-26-15-7-1-2-8-16-30-17-9-6-12-21-10-4-3-5-11-21/h3-5,10-11,13-14,18,25-29H,1-2,6-9,12,15-17,19-20H2/i1D2,2D2,7D2,8D2,15D2,16D2,18D. The van der Waals surface area contributed by atoms with Crippen molar-refractivity contribution in [1.82, 2.24) is 5.32 Å². The monoisotopic (exact) mass is 428 g/mol. The number of benzene rings is 2. The lowest BCUT2D eigenvalue weighted by molar-refractivity contribution is 0.126. The van der Waals surface area contributed by atoms with E-state index in [0.717, 1.165) is 17.7 Å². The molecule has 2 rings (SSSR count). The highest BCUT2D eigenvalue weighted by Gasteiger charge is 2.09. The second kappa shape index (κ2) is 15.0. The molecule has 2 aromatic carbocycles. The Hall–Kier alpha value is -1.92. The molecule has 5 heteroatoms. The van der Waals surface area contributed by atoms with Gasteiger partial charge in [0.1, 0.15) is 5.75 Å². The summed E-state index contributed by atoms with van der Waals surface area (Å²) in [5.74, 6) is -0.427. The topological polar surface area (TPSA) is 82.0 Å². The maximum Gasteiger partial charge on any atom is 0.121 e. The van der Waals surface area contributed by atoms with Gasteiger partial charge in [0, 0.05) is 39.0 Å². The fourth-order valence-corrected chi connectivity index (χ4v) is 2.52. The highest BCUT2D eigenvalue weighted by molar-refractivity contribution is 5.36. The normalized spacial score (nSPS) is 21.5. The van der Waals surface area contributed by atoms with Crippen LogP contribution in [0.15, 0.2) is 48.5 Å². The van der Waals surface area contributed by atoms with Crippen LogP contribution in [0.25, 0.3) is 0 Å². The van der Waals surface area contributed by atoms with Crippen molar-refractivity contribution in [2.24, 2.45) is 0 Å². The summed E-state index contributed by atoms with van der Waals surface area (Å²) in [5.41, 5.74) is 0.602. The number of rotatable bonds is 16. The van der Waals surface area contributed by atoms with Crippen LogP contribution in [0.2, 0.25) is 0 Å². The number of nitrogens with one attached hydrogen (secondary N) is 1. The fraction of sp³-hybridized carbons (Fsp3) is 0.520. The molecule has 1 unspecified atom stereocenters. The van der Waals surface area contributed by atoms with Gasteiger partial charge >= 0.3 is 0 Å². The molecule has 0 aliphatic heterocycles. The summed E-state index contributed by atoms with van der Waals surface area (Å²) in [6.07, 6.45) is -16.0.